The number of carbonyl (C=O) groups is 1. The molecule has 2 heterocycles. The Morgan fingerprint density at radius 2 is 1.84 bits per heavy atom. The van der Waals surface area contributed by atoms with E-state index < -0.39 is 0 Å². The van der Waals surface area contributed by atoms with Crippen molar-refractivity contribution in [1.82, 2.24) is 15.0 Å². The van der Waals surface area contributed by atoms with Crippen LogP contribution in [0.1, 0.15) is 19.8 Å². The van der Waals surface area contributed by atoms with Crippen LogP contribution < -0.4 is 20.3 Å². The first-order chi connectivity index (χ1) is 15.0. The lowest BCUT2D eigenvalue weighted by atomic mass is 10.1. The number of amides is 1. The number of anilines is 4. The van der Waals surface area contributed by atoms with Gasteiger partial charge in [0.15, 0.2) is 0 Å². The summed E-state index contributed by atoms with van der Waals surface area (Å²) >= 11 is 0. The molecule has 31 heavy (non-hydrogen) atoms. The van der Waals surface area contributed by atoms with Gasteiger partial charge in [-0.1, -0.05) is 6.07 Å². The first-order valence-corrected chi connectivity index (χ1v) is 10.1. The summed E-state index contributed by atoms with van der Waals surface area (Å²) in [7, 11) is 0. The van der Waals surface area contributed by atoms with E-state index in [0.717, 1.165) is 31.6 Å². The molecule has 1 fully saturated rings. The number of carbonyl (C=O) groups excluding carboxylic acids is 1. The number of hydrogen-bond donors (Lipinski definition) is 2. The van der Waals surface area contributed by atoms with Gasteiger partial charge in [0.25, 0.3) is 0 Å². The monoisotopic (exact) mass is 422 g/mol. The fraction of sp³-hybridized carbons (Fsp3) is 0.273. The summed E-state index contributed by atoms with van der Waals surface area (Å²) in [6, 6.07) is 13.4. The SMILES string of the molecule is CC(=O)Nc1cccc(Nc2ncnc(N3CCC(Oc4ccc(F)cc4)CC3)n2)c1. The van der Waals surface area contributed by atoms with Gasteiger partial charge in [0.2, 0.25) is 17.8 Å². The van der Waals surface area contributed by atoms with Gasteiger partial charge in [0.1, 0.15) is 24.0 Å². The highest BCUT2D eigenvalue weighted by Gasteiger charge is 2.22. The summed E-state index contributed by atoms with van der Waals surface area (Å²) in [6.07, 6.45) is 3.16. The van der Waals surface area contributed by atoms with Gasteiger partial charge in [-0.15, -0.1) is 0 Å². The van der Waals surface area contributed by atoms with Crippen molar-refractivity contribution in [3.05, 3.63) is 60.7 Å². The van der Waals surface area contributed by atoms with Crippen LogP contribution in [0.15, 0.2) is 54.9 Å². The highest BCUT2D eigenvalue weighted by molar-refractivity contribution is 5.89. The van der Waals surface area contributed by atoms with Gasteiger partial charge in [0.05, 0.1) is 0 Å². The predicted molar refractivity (Wildman–Crippen MR) is 116 cm³/mol. The minimum Gasteiger partial charge on any atom is -0.490 e. The number of ether oxygens (including phenoxy) is 1. The van der Waals surface area contributed by atoms with Crippen LogP contribution in [0.5, 0.6) is 5.75 Å². The molecule has 160 valence electrons. The molecule has 0 atom stereocenters. The fourth-order valence-electron chi connectivity index (χ4n) is 3.39. The summed E-state index contributed by atoms with van der Waals surface area (Å²) < 4.78 is 19.0. The number of aromatic nitrogens is 3. The summed E-state index contributed by atoms with van der Waals surface area (Å²) in [6.45, 7) is 2.95. The van der Waals surface area contributed by atoms with E-state index >= 15 is 0 Å². The number of halogens is 1. The van der Waals surface area contributed by atoms with Crippen LogP contribution in [0.3, 0.4) is 0 Å². The predicted octanol–water partition coefficient (Wildman–Crippen LogP) is 3.76. The zero-order valence-electron chi connectivity index (χ0n) is 17.1. The Morgan fingerprint density at radius 3 is 2.58 bits per heavy atom. The molecule has 0 spiro atoms. The molecule has 0 aliphatic carbocycles. The Balaban J connectivity index is 1.35. The van der Waals surface area contributed by atoms with Crippen LogP contribution in [-0.2, 0) is 4.79 Å². The summed E-state index contributed by atoms with van der Waals surface area (Å²) in [5, 5.41) is 5.89. The molecule has 1 aliphatic rings. The largest absolute Gasteiger partial charge is 0.490 e. The van der Waals surface area contributed by atoms with E-state index in [1.54, 1.807) is 12.1 Å². The number of piperidine rings is 1. The van der Waals surface area contributed by atoms with Crippen molar-refractivity contribution in [2.24, 2.45) is 0 Å². The highest BCUT2D eigenvalue weighted by atomic mass is 19.1. The maximum absolute atomic E-state index is 13.0. The quantitative estimate of drug-likeness (QED) is 0.625. The second kappa shape index (κ2) is 9.38. The second-order valence-electron chi connectivity index (χ2n) is 7.25. The van der Waals surface area contributed by atoms with E-state index in [1.165, 1.54) is 25.4 Å². The van der Waals surface area contributed by atoms with Crippen molar-refractivity contribution >= 4 is 29.2 Å². The molecule has 8 nitrogen and oxygen atoms in total. The summed E-state index contributed by atoms with van der Waals surface area (Å²) in [5.74, 6) is 1.29. The first-order valence-electron chi connectivity index (χ1n) is 10.1. The Bertz CT molecular complexity index is 1040. The topological polar surface area (TPSA) is 92.3 Å². The third-order valence-electron chi connectivity index (χ3n) is 4.84. The lowest BCUT2D eigenvalue weighted by Crippen LogP contribution is -2.39. The molecule has 1 saturated heterocycles. The zero-order chi connectivity index (χ0) is 21.6. The van der Waals surface area contributed by atoms with E-state index in [0.29, 0.717) is 23.3 Å². The van der Waals surface area contributed by atoms with E-state index in [9.17, 15) is 9.18 Å². The molecule has 1 aromatic heterocycles. The number of benzene rings is 2. The maximum atomic E-state index is 13.0. The van der Waals surface area contributed by atoms with Crippen molar-refractivity contribution in [3.8, 4) is 5.75 Å². The molecule has 9 heteroatoms. The van der Waals surface area contributed by atoms with Crippen LogP contribution in [0, 0.1) is 5.82 Å². The Labute approximate surface area is 179 Å². The van der Waals surface area contributed by atoms with E-state index in [1.807, 2.05) is 24.3 Å². The number of nitrogens with one attached hydrogen (secondary N) is 2. The highest BCUT2D eigenvalue weighted by Crippen LogP contribution is 2.23. The molecule has 1 amide bonds. The van der Waals surface area contributed by atoms with Gasteiger partial charge in [-0.25, -0.2) is 14.4 Å². The van der Waals surface area contributed by atoms with Gasteiger partial charge in [0, 0.05) is 44.2 Å². The van der Waals surface area contributed by atoms with Crippen molar-refractivity contribution in [2.45, 2.75) is 25.9 Å². The van der Waals surface area contributed by atoms with Crippen molar-refractivity contribution in [2.75, 3.05) is 28.6 Å². The Hall–Kier alpha value is -3.75. The molecule has 1 aliphatic heterocycles. The summed E-state index contributed by atoms with van der Waals surface area (Å²) in [5.41, 5.74) is 1.45. The Kier molecular flexibility index (Phi) is 6.21. The normalized spacial score (nSPS) is 14.2. The van der Waals surface area contributed by atoms with Crippen molar-refractivity contribution in [3.63, 3.8) is 0 Å². The van der Waals surface area contributed by atoms with Crippen molar-refractivity contribution in [1.29, 1.82) is 0 Å². The second-order valence-corrected chi connectivity index (χ2v) is 7.25. The average molecular weight is 422 g/mol. The van der Waals surface area contributed by atoms with Crippen LogP contribution in [0.4, 0.5) is 27.7 Å². The summed E-state index contributed by atoms with van der Waals surface area (Å²) in [4.78, 5) is 26.4. The molecule has 0 radical (unpaired) electrons. The number of hydrogen-bond acceptors (Lipinski definition) is 7. The van der Waals surface area contributed by atoms with E-state index in [4.69, 9.17) is 4.74 Å². The van der Waals surface area contributed by atoms with Gasteiger partial charge in [-0.3, -0.25) is 4.79 Å². The molecular formula is C22H23FN6O2. The minimum absolute atomic E-state index is 0.0673. The standard InChI is InChI=1S/C22H23FN6O2/c1-15(30)26-17-3-2-4-18(13-17)27-21-24-14-25-22(28-21)29-11-9-20(10-12-29)31-19-7-5-16(23)6-8-19/h2-8,13-14,20H,9-12H2,1H3,(H,26,30)(H,24,25,27,28). The minimum atomic E-state index is -0.275. The number of rotatable bonds is 6. The van der Waals surface area contributed by atoms with Gasteiger partial charge in [-0.05, 0) is 42.5 Å². The molecule has 3 aromatic rings. The molecule has 0 bridgehead atoms. The van der Waals surface area contributed by atoms with Gasteiger partial charge >= 0.3 is 0 Å². The maximum Gasteiger partial charge on any atom is 0.231 e. The van der Waals surface area contributed by atoms with Crippen LogP contribution in [-0.4, -0.2) is 40.1 Å². The molecule has 0 saturated carbocycles. The van der Waals surface area contributed by atoms with Crippen molar-refractivity contribution < 1.29 is 13.9 Å². The molecule has 0 unspecified atom stereocenters. The first kappa shape index (κ1) is 20.5. The number of nitrogens with zero attached hydrogens (tertiary/aromatic N) is 4. The average Bonchev–Trinajstić information content (AvgIpc) is 2.76. The zero-order valence-corrected chi connectivity index (χ0v) is 17.1. The lowest BCUT2D eigenvalue weighted by molar-refractivity contribution is -0.114. The van der Waals surface area contributed by atoms with E-state index in [2.05, 4.69) is 30.5 Å². The van der Waals surface area contributed by atoms with Gasteiger partial charge < -0.3 is 20.3 Å². The third-order valence-corrected chi connectivity index (χ3v) is 4.84. The van der Waals surface area contributed by atoms with Crippen LogP contribution in [0.2, 0.25) is 0 Å². The van der Waals surface area contributed by atoms with Crippen LogP contribution >= 0.6 is 0 Å². The molecule has 4 rings (SSSR count). The smallest absolute Gasteiger partial charge is 0.231 e. The fourth-order valence-corrected chi connectivity index (χ4v) is 3.39. The molecule has 2 N–H and O–H groups in total. The van der Waals surface area contributed by atoms with Crippen LogP contribution in [0.25, 0.3) is 0 Å². The van der Waals surface area contributed by atoms with Gasteiger partial charge in [-0.2, -0.15) is 4.98 Å². The van der Waals surface area contributed by atoms with E-state index in [-0.39, 0.29) is 17.8 Å². The molecular weight excluding hydrogens is 399 g/mol. The lowest BCUT2D eigenvalue weighted by Gasteiger charge is -2.32. The molecule has 2 aromatic carbocycles. The Morgan fingerprint density at radius 1 is 1.10 bits per heavy atom. The third kappa shape index (κ3) is 5.65.